The minimum absolute atomic E-state index is 0.0551. The average molecular weight is 253 g/mol. The second kappa shape index (κ2) is 5.39. The van der Waals surface area contributed by atoms with E-state index in [1.165, 1.54) is 0 Å². The Morgan fingerprint density at radius 1 is 1.61 bits per heavy atom. The molecule has 1 aliphatic heterocycles. The van der Waals surface area contributed by atoms with Gasteiger partial charge in [0, 0.05) is 6.61 Å². The Bertz CT molecular complexity index is 436. The largest absolute Gasteiger partial charge is 0.462 e. The lowest BCUT2D eigenvalue weighted by atomic mass is 10.2. The minimum atomic E-state index is -0.309. The average Bonchev–Trinajstić information content (AvgIpc) is 2.93. The van der Waals surface area contributed by atoms with Crippen molar-refractivity contribution >= 4 is 11.7 Å². The molecule has 1 unspecified atom stereocenters. The van der Waals surface area contributed by atoms with Gasteiger partial charge in [-0.2, -0.15) is 5.10 Å². The van der Waals surface area contributed by atoms with Crippen LogP contribution < -0.4 is 5.73 Å². The van der Waals surface area contributed by atoms with Crippen LogP contribution in [-0.4, -0.2) is 35.1 Å². The van der Waals surface area contributed by atoms with Gasteiger partial charge in [-0.25, -0.2) is 0 Å². The van der Waals surface area contributed by atoms with Crippen LogP contribution in [0.15, 0.2) is 0 Å². The molecule has 1 saturated heterocycles. The van der Waals surface area contributed by atoms with Gasteiger partial charge in [0.05, 0.1) is 23.2 Å². The van der Waals surface area contributed by atoms with Crippen LogP contribution in [0, 0.1) is 13.8 Å². The second-order valence-corrected chi connectivity index (χ2v) is 4.56. The molecule has 1 aromatic rings. The van der Waals surface area contributed by atoms with Crippen LogP contribution in [0.5, 0.6) is 0 Å². The van der Waals surface area contributed by atoms with Gasteiger partial charge >= 0.3 is 5.97 Å². The van der Waals surface area contributed by atoms with Crippen LogP contribution in [0.4, 0.5) is 5.69 Å². The van der Waals surface area contributed by atoms with Gasteiger partial charge < -0.3 is 15.2 Å². The first-order chi connectivity index (χ1) is 8.58. The molecule has 6 nitrogen and oxygen atoms in total. The molecule has 1 aromatic heterocycles. The Balaban J connectivity index is 1.84. The van der Waals surface area contributed by atoms with E-state index in [-0.39, 0.29) is 18.6 Å². The number of nitrogens with zero attached hydrogens (tertiary/aromatic N) is 2. The van der Waals surface area contributed by atoms with E-state index in [9.17, 15) is 4.79 Å². The summed E-state index contributed by atoms with van der Waals surface area (Å²) in [4.78, 5) is 11.7. The Labute approximate surface area is 106 Å². The lowest BCUT2D eigenvalue weighted by Gasteiger charge is -2.10. The third kappa shape index (κ3) is 2.81. The van der Waals surface area contributed by atoms with E-state index in [0.29, 0.717) is 12.3 Å². The van der Waals surface area contributed by atoms with Crippen molar-refractivity contribution in [3.8, 4) is 0 Å². The van der Waals surface area contributed by atoms with Gasteiger partial charge in [0.25, 0.3) is 0 Å². The molecule has 0 aliphatic carbocycles. The van der Waals surface area contributed by atoms with E-state index in [2.05, 4.69) is 5.10 Å². The molecule has 0 bridgehead atoms. The van der Waals surface area contributed by atoms with E-state index in [1.807, 2.05) is 13.8 Å². The smallest absolute Gasteiger partial charge is 0.327 e. The number of hydrogen-bond donors (Lipinski definition) is 1. The Kier molecular flexibility index (Phi) is 3.86. The lowest BCUT2D eigenvalue weighted by Crippen LogP contribution is -2.21. The fourth-order valence-electron chi connectivity index (χ4n) is 1.99. The molecular weight excluding hydrogens is 234 g/mol. The van der Waals surface area contributed by atoms with E-state index in [1.54, 1.807) is 4.68 Å². The molecule has 0 saturated carbocycles. The molecule has 1 fully saturated rings. The number of esters is 1. The molecule has 0 amide bonds. The SMILES string of the molecule is Cc1nn(CC(=O)OCC2CCCO2)c(C)c1N. The van der Waals surface area contributed by atoms with Crippen LogP contribution in [0.2, 0.25) is 0 Å². The van der Waals surface area contributed by atoms with Crippen LogP contribution in [0.3, 0.4) is 0 Å². The molecule has 2 N–H and O–H groups in total. The van der Waals surface area contributed by atoms with Crippen molar-refractivity contribution in [1.82, 2.24) is 9.78 Å². The van der Waals surface area contributed by atoms with E-state index >= 15 is 0 Å². The third-order valence-corrected chi connectivity index (χ3v) is 3.17. The molecule has 18 heavy (non-hydrogen) atoms. The van der Waals surface area contributed by atoms with Gasteiger partial charge in [-0.1, -0.05) is 0 Å². The number of nitrogen functional groups attached to an aromatic ring is 1. The monoisotopic (exact) mass is 253 g/mol. The first-order valence-corrected chi connectivity index (χ1v) is 6.14. The zero-order chi connectivity index (χ0) is 13.1. The predicted molar refractivity (Wildman–Crippen MR) is 66.0 cm³/mol. The van der Waals surface area contributed by atoms with Crippen LogP contribution in [-0.2, 0) is 20.8 Å². The number of aromatic nitrogens is 2. The third-order valence-electron chi connectivity index (χ3n) is 3.17. The van der Waals surface area contributed by atoms with Gasteiger partial charge in [-0.05, 0) is 26.7 Å². The first-order valence-electron chi connectivity index (χ1n) is 6.14. The summed E-state index contributed by atoms with van der Waals surface area (Å²) in [6.07, 6.45) is 2.05. The van der Waals surface area contributed by atoms with Crippen LogP contribution in [0.1, 0.15) is 24.2 Å². The van der Waals surface area contributed by atoms with Crippen molar-refractivity contribution < 1.29 is 14.3 Å². The summed E-state index contributed by atoms with van der Waals surface area (Å²) < 4.78 is 12.1. The molecular formula is C12H19N3O3. The summed E-state index contributed by atoms with van der Waals surface area (Å²) in [6, 6.07) is 0. The summed E-state index contributed by atoms with van der Waals surface area (Å²) in [7, 11) is 0. The lowest BCUT2D eigenvalue weighted by molar-refractivity contribution is -0.147. The number of anilines is 1. The number of rotatable bonds is 4. The van der Waals surface area contributed by atoms with Crippen molar-refractivity contribution in [2.75, 3.05) is 18.9 Å². The number of aryl methyl sites for hydroxylation is 1. The van der Waals surface area contributed by atoms with E-state index in [4.69, 9.17) is 15.2 Å². The van der Waals surface area contributed by atoms with E-state index in [0.717, 1.165) is 30.8 Å². The standard InChI is InChI=1S/C12H19N3O3/c1-8-12(13)9(2)15(14-8)6-11(16)18-7-10-4-3-5-17-10/h10H,3-7,13H2,1-2H3. The molecule has 6 heteroatoms. The van der Waals surface area contributed by atoms with Crippen molar-refractivity contribution in [1.29, 1.82) is 0 Å². The maximum atomic E-state index is 11.7. The highest BCUT2D eigenvalue weighted by atomic mass is 16.6. The molecule has 0 aromatic carbocycles. The van der Waals surface area contributed by atoms with Crippen LogP contribution in [0.25, 0.3) is 0 Å². The minimum Gasteiger partial charge on any atom is -0.462 e. The topological polar surface area (TPSA) is 79.4 Å². The Hall–Kier alpha value is -1.56. The number of nitrogens with two attached hydrogens (primary N) is 1. The normalized spacial score (nSPS) is 19.1. The van der Waals surface area contributed by atoms with Crippen molar-refractivity contribution in [3.05, 3.63) is 11.4 Å². The van der Waals surface area contributed by atoms with Crippen molar-refractivity contribution in [2.45, 2.75) is 39.3 Å². The van der Waals surface area contributed by atoms with Gasteiger partial charge in [-0.15, -0.1) is 0 Å². The van der Waals surface area contributed by atoms with Gasteiger partial charge in [0.15, 0.2) is 0 Å². The highest BCUT2D eigenvalue weighted by molar-refractivity contribution is 5.69. The Morgan fingerprint density at radius 3 is 2.94 bits per heavy atom. The molecule has 0 spiro atoms. The van der Waals surface area contributed by atoms with E-state index < -0.39 is 0 Å². The quantitative estimate of drug-likeness (QED) is 0.803. The Morgan fingerprint density at radius 2 is 2.39 bits per heavy atom. The zero-order valence-electron chi connectivity index (χ0n) is 10.8. The molecule has 2 heterocycles. The predicted octanol–water partition coefficient (Wildman–Crippen LogP) is 0.804. The highest BCUT2D eigenvalue weighted by Gasteiger charge is 2.18. The molecule has 0 radical (unpaired) electrons. The fourth-order valence-corrected chi connectivity index (χ4v) is 1.99. The number of carbonyl (C=O) groups excluding carboxylic acids is 1. The van der Waals surface area contributed by atoms with Crippen molar-refractivity contribution in [3.63, 3.8) is 0 Å². The summed E-state index contributed by atoms with van der Waals surface area (Å²) in [5.74, 6) is -0.309. The molecule has 100 valence electrons. The maximum Gasteiger partial charge on any atom is 0.327 e. The van der Waals surface area contributed by atoms with Crippen molar-refractivity contribution in [2.24, 2.45) is 0 Å². The van der Waals surface area contributed by atoms with Crippen LogP contribution >= 0.6 is 0 Å². The number of ether oxygens (including phenoxy) is 2. The molecule has 2 rings (SSSR count). The van der Waals surface area contributed by atoms with Gasteiger partial charge in [0.2, 0.25) is 0 Å². The number of hydrogen-bond acceptors (Lipinski definition) is 5. The fraction of sp³-hybridized carbons (Fsp3) is 0.667. The summed E-state index contributed by atoms with van der Waals surface area (Å²) in [6.45, 7) is 4.83. The number of carbonyl (C=O) groups is 1. The summed E-state index contributed by atoms with van der Waals surface area (Å²) in [5.41, 5.74) is 7.95. The maximum absolute atomic E-state index is 11.7. The summed E-state index contributed by atoms with van der Waals surface area (Å²) >= 11 is 0. The second-order valence-electron chi connectivity index (χ2n) is 4.56. The summed E-state index contributed by atoms with van der Waals surface area (Å²) in [5, 5.41) is 4.19. The van der Waals surface area contributed by atoms with Gasteiger partial charge in [-0.3, -0.25) is 9.48 Å². The zero-order valence-corrected chi connectivity index (χ0v) is 10.8. The highest BCUT2D eigenvalue weighted by Crippen LogP contribution is 2.15. The molecule has 1 atom stereocenters. The molecule has 1 aliphatic rings. The van der Waals surface area contributed by atoms with Gasteiger partial charge in [0.1, 0.15) is 13.2 Å². The first kappa shape index (κ1) is 12.9.